The molecule has 1 aromatic carbocycles. The topological polar surface area (TPSA) is 87.1 Å². The van der Waals surface area contributed by atoms with Gasteiger partial charge in [0.15, 0.2) is 10.8 Å². The first-order chi connectivity index (χ1) is 14.6. The minimum Gasteiger partial charge on any atom is -0.464 e. The number of nitrogens with zero attached hydrogens (tertiary/aromatic N) is 4. The fraction of sp³-hybridized carbons (Fsp3) is 0.286. The monoisotopic (exact) mass is 423 g/mol. The number of nitrogens with one attached hydrogen (secondary N) is 1. The summed E-state index contributed by atoms with van der Waals surface area (Å²) in [5, 5.41) is 9.60. The van der Waals surface area contributed by atoms with Gasteiger partial charge >= 0.3 is 5.97 Å². The predicted molar refractivity (Wildman–Crippen MR) is 115 cm³/mol. The first-order valence-electron chi connectivity index (χ1n) is 9.58. The van der Waals surface area contributed by atoms with E-state index >= 15 is 0 Å². The van der Waals surface area contributed by atoms with E-state index in [4.69, 9.17) is 17.0 Å². The molecule has 4 rings (SSSR count). The van der Waals surface area contributed by atoms with Gasteiger partial charge in [-0.15, -0.1) is 0 Å². The average Bonchev–Trinajstić information content (AvgIpc) is 3.37. The van der Waals surface area contributed by atoms with Crippen LogP contribution in [-0.4, -0.2) is 64.3 Å². The number of rotatable bonds is 5. The molecule has 1 fully saturated rings. The number of esters is 1. The summed E-state index contributed by atoms with van der Waals surface area (Å²) < 4.78 is 4.99. The molecule has 154 valence electrons. The van der Waals surface area contributed by atoms with E-state index in [0.717, 1.165) is 18.7 Å². The highest BCUT2D eigenvalue weighted by molar-refractivity contribution is 7.80. The molecular weight excluding hydrogens is 402 g/mol. The molecular formula is C21H21N5O3S. The van der Waals surface area contributed by atoms with Crippen molar-refractivity contribution in [1.29, 1.82) is 0 Å². The molecule has 0 aliphatic carbocycles. The lowest BCUT2D eigenvalue weighted by atomic mass is 9.89. The first kappa shape index (κ1) is 20.0. The molecule has 9 heteroatoms. The minimum absolute atomic E-state index is 0.212. The third kappa shape index (κ3) is 3.76. The Hall–Kier alpha value is -3.33. The number of methoxy groups -OCH3 is 1. The van der Waals surface area contributed by atoms with Gasteiger partial charge in [-0.3, -0.25) is 9.78 Å². The van der Waals surface area contributed by atoms with Gasteiger partial charge < -0.3 is 15.0 Å². The lowest BCUT2D eigenvalue weighted by molar-refractivity contribution is -0.133. The maximum atomic E-state index is 13.3. The Kier molecular flexibility index (Phi) is 5.71. The quantitative estimate of drug-likeness (QED) is 0.578. The van der Waals surface area contributed by atoms with Gasteiger partial charge in [-0.05, 0) is 29.9 Å². The van der Waals surface area contributed by atoms with Gasteiger partial charge in [0.1, 0.15) is 0 Å². The zero-order valence-corrected chi connectivity index (χ0v) is 17.2. The van der Waals surface area contributed by atoms with Gasteiger partial charge in [-0.1, -0.05) is 30.3 Å². The molecule has 0 unspecified atom stereocenters. The average molecular weight is 423 g/mol. The number of carbonyl (C=O) groups excluding carboxylic acids is 2. The number of amides is 1. The van der Waals surface area contributed by atoms with Crippen molar-refractivity contribution in [2.75, 3.05) is 26.7 Å². The lowest BCUT2D eigenvalue weighted by Gasteiger charge is -2.30. The highest BCUT2D eigenvalue weighted by atomic mass is 32.1. The molecule has 1 saturated heterocycles. The summed E-state index contributed by atoms with van der Waals surface area (Å²) >= 11 is 5.39. The van der Waals surface area contributed by atoms with Gasteiger partial charge in [0, 0.05) is 37.6 Å². The van der Waals surface area contributed by atoms with Gasteiger partial charge in [0.25, 0.3) is 5.91 Å². The molecule has 0 spiro atoms. The second-order valence-electron chi connectivity index (χ2n) is 7.00. The summed E-state index contributed by atoms with van der Waals surface area (Å²) in [5.41, 5.74) is 1.53. The van der Waals surface area contributed by atoms with Crippen LogP contribution in [0.5, 0.6) is 0 Å². The van der Waals surface area contributed by atoms with Gasteiger partial charge in [0.2, 0.25) is 0 Å². The number of pyridine rings is 1. The highest BCUT2D eigenvalue weighted by Gasteiger charge is 2.46. The zero-order chi connectivity index (χ0) is 21.1. The molecule has 0 bridgehead atoms. The molecule has 3 heterocycles. The number of hydrazone groups is 1. The smallest absolute Gasteiger partial charge is 0.354 e. The Labute approximate surface area is 179 Å². The maximum Gasteiger partial charge on any atom is 0.354 e. The van der Waals surface area contributed by atoms with E-state index in [-0.39, 0.29) is 11.6 Å². The van der Waals surface area contributed by atoms with Crippen LogP contribution in [0.4, 0.5) is 0 Å². The molecule has 1 amide bonds. The highest BCUT2D eigenvalue weighted by Crippen LogP contribution is 2.38. The standard InChI is InChI=1S/C21H21N5O3S/c1-29-20(28)17-16(13-25-12-11-23-21(25)30)18(14-5-3-2-4-6-14)26(24-17)19(27)15-7-9-22-10-8-15/h2-10,16,18H,11-13H2,1H3,(H,23,30)/t16-,18+/m0/s1. The van der Waals surface area contributed by atoms with Gasteiger partial charge in [-0.25, -0.2) is 9.80 Å². The minimum atomic E-state index is -0.552. The number of carbonyl (C=O) groups is 2. The molecule has 2 atom stereocenters. The number of benzene rings is 1. The van der Waals surface area contributed by atoms with Crippen LogP contribution in [0.1, 0.15) is 22.0 Å². The summed E-state index contributed by atoms with van der Waals surface area (Å²) in [6.45, 7) is 1.91. The van der Waals surface area contributed by atoms with E-state index in [9.17, 15) is 9.59 Å². The number of hydrogen-bond acceptors (Lipinski definition) is 6. The van der Waals surface area contributed by atoms with Crippen LogP contribution in [0.3, 0.4) is 0 Å². The van der Waals surface area contributed by atoms with Crippen molar-refractivity contribution < 1.29 is 14.3 Å². The Bertz CT molecular complexity index is 983. The van der Waals surface area contributed by atoms with Crippen molar-refractivity contribution in [1.82, 2.24) is 20.2 Å². The fourth-order valence-corrected chi connectivity index (χ4v) is 4.07. The van der Waals surface area contributed by atoms with E-state index in [1.165, 1.54) is 12.1 Å². The summed E-state index contributed by atoms with van der Waals surface area (Å²) in [6, 6.07) is 12.4. The van der Waals surface area contributed by atoms with Crippen molar-refractivity contribution in [2.24, 2.45) is 11.0 Å². The third-order valence-electron chi connectivity index (χ3n) is 5.24. The van der Waals surface area contributed by atoms with Crippen LogP contribution in [0.15, 0.2) is 60.0 Å². The molecule has 0 radical (unpaired) electrons. The van der Waals surface area contributed by atoms with Crippen LogP contribution < -0.4 is 5.32 Å². The van der Waals surface area contributed by atoms with Gasteiger partial charge in [-0.2, -0.15) is 5.10 Å². The molecule has 2 aliphatic heterocycles. The zero-order valence-electron chi connectivity index (χ0n) is 16.4. The van der Waals surface area contributed by atoms with E-state index < -0.39 is 17.9 Å². The largest absolute Gasteiger partial charge is 0.464 e. The second-order valence-corrected chi connectivity index (χ2v) is 7.39. The lowest BCUT2D eigenvalue weighted by Crippen LogP contribution is -2.40. The Morgan fingerprint density at radius 3 is 2.57 bits per heavy atom. The van der Waals surface area contributed by atoms with Crippen molar-refractivity contribution >= 4 is 34.9 Å². The second kappa shape index (κ2) is 8.58. The van der Waals surface area contributed by atoms with Crippen LogP contribution in [0.2, 0.25) is 0 Å². The fourth-order valence-electron chi connectivity index (χ4n) is 3.80. The molecule has 2 aliphatic rings. The van der Waals surface area contributed by atoms with Crippen molar-refractivity contribution in [3.05, 3.63) is 66.0 Å². The first-order valence-corrected chi connectivity index (χ1v) is 9.99. The molecule has 1 aromatic heterocycles. The van der Waals surface area contributed by atoms with Crippen LogP contribution in [-0.2, 0) is 9.53 Å². The Morgan fingerprint density at radius 2 is 1.93 bits per heavy atom. The van der Waals surface area contributed by atoms with E-state index in [1.807, 2.05) is 35.2 Å². The molecule has 2 aromatic rings. The van der Waals surface area contributed by atoms with Crippen LogP contribution >= 0.6 is 12.2 Å². The normalized spacial score (nSPS) is 20.7. The molecule has 8 nitrogen and oxygen atoms in total. The van der Waals surface area contributed by atoms with Crippen molar-refractivity contribution in [2.45, 2.75) is 6.04 Å². The molecule has 30 heavy (non-hydrogen) atoms. The van der Waals surface area contributed by atoms with Gasteiger partial charge in [0.05, 0.1) is 19.1 Å². The summed E-state index contributed by atoms with van der Waals surface area (Å²) in [5.74, 6) is -1.26. The Balaban J connectivity index is 1.77. The SMILES string of the molecule is COC(=O)C1=NN(C(=O)c2ccncc2)[C@H](c2ccccc2)[C@H]1CN1CCNC1=S. The van der Waals surface area contributed by atoms with Crippen LogP contribution in [0, 0.1) is 5.92 Å². The van der Waals surface area contributed by atoms with E-state index in [0.29, 0.717) is 17.2 Å². The summed E-state index contributed by atoms with van der Waals surface area (Å²) in [4.78, 5) is 31.9. The molecule has 1 N–H and O–H groups in total. The Morgan fingerprint density at radius 1 is 1.20 bits per heavy atom. The summed E-state index contributed by atoms with van der Waals surface area (Å²) in [7, 11) is 1.31. The summed E-state index contributed by atoms with van der Waals surface area (Å²) in [6.07, 6.45) is 3.11. The van der Waals surface area contributed by atoms with Crippen molar-refractivity contribution in [3.8, 4) is 0 Å². The van der Waals surface area contributed by atoms with Crippen molar-refractivity contribution in [3.63, 3.8) is 0 Å². The maximum absolute atomic E-state index is 13.3. The van der Waals surface area contributed by atoms with E-state index in [1.54, 1.807) is 24.5 Å². The predicted octanol–water partition coefficient (Wildman–Crippen LogP) is 1.61. The number of thiocarbonyl (C=S) groups is 1. The van der Waals surface area contributed by atoms with E-state index in [2.05, 4.69) is 15.4 Å². The molecule has 0 saturated carbocycles. The number of hydrogen-bond donors (Lipinski definition) is 1. The van der Waals surface area contributed by atoms with Crippen LogP contribution in [0.25, 0.3) is 0 Å². The third-order valence-corrected chi connectivity index (χ3v) is 5.65. The number of ether oxygens (including phenoxy) is 1. The number of aromatic nitrogens is 1.